The highest BCUT2D eigenvalue weighted by molar-refractivity contribution is 7.21. The van der Waals surface area contributed by atoms with Crippen molar-refractivity contribution in [3.8, 4) is 23.0 Å². The third kappa shape index (κ3) is 5.50. The lowest BCUT2D eigenvalue weighted by Gasteiger charge is -2.15. The molecule has 5 nitrogen and oxygen atoms in total. The first-order valence-corrected chi connectivity index (χ1v) is 13.6. The average Bonchev–Trinajstić information content (AvgIpc) is 3.52. The Balaban J connectivity index is 1.43. The molecule has 1 aliphatic heterocycles. The second-order valence-corrected chi connectivity index (χ2v) is 10.7. The van der Waals surface area contributed by atoms with Crippen LogP contribution in [0.25, 0.3) is 10.1 Å². The van der Waals surface area contributed by atoms with Gasteiger partial charge in [0.1, 0.15) is 28.7 Å². The maximum Gasteiger partial charge on any atom is 0.207 e. The van der Waals surface area contributed by atoms with Crippen molar-refractivity contribution in [1.29, 1.82) is 0 Å². The van der Waals surface area contributed by atoms with Gasteiger partial charge in [0.2, 0.25) is 5.78 Å². The van der Waals surface area contributed by atoms with Crippen molar-refractivity contribution < 1.29 is 19.0 Å². The van der Waals surface area contributed by atoms with Crippen molar-refractivity contribution in [2.24, 2.45) is 0 Å². The number of carbonyl (C=O) groups excluding carboxylic acids is 1. The summed E-state index contributed by atoms with van der Waals surface area (Å²) in [5.41, 5.74) is 3.82. The molecule has 0 radical (unpaired) electrons. The minimum Gasteiger partial charge on any atom is -0.497 e. The second kappa shape index (κ2) is 11.0. The molecule has 1 aliphatic rings. The first-order chi connectivity index (χ1) is 17.9. The van der Waals surface area contributed by atoms with Crippen LogP contribution in [-0.4, -0.2) is 44.0 Å². The number of ether oxygens (including phenoxy) is 3. The summed E-state index contributed by atoms with van der Waals surface area (Å²) in [6.45, 7) is 9.99. The first kappa shape index (κ1) is 25.3. The van der Waals surface area contributed by atoms with Crippen LogP contribution >= 0.6 is 11.3 Å². The molecule has 0 bridgehead atoms. The fourth-order valence-corrected chi connectivity index (χ4v) is 6.21. The van der Waals surface area contributed by atoms with E-state index in [1.165, 1.54) is 37.3 Å². The molecule has 1 saturated heterocycles. The summed E-state index contributed by atoms with van der Waals surface area (Å²) in [7, 11) is 1.64. The van der Waals surface area contributed by atoms with E-state index >= 15 is 0 Å². The Hall–Kier alpha value is -3.35. The molecule has 0 amide bonds. The van der Waals surface area contributed by atoms with E-state index in [9.17, 15) is 4.79 Å². The number of fused-ring (bicyclic) bond motifs is 1. The minimum atomic E-state index is -0.0213. The average molecular weight is 516 g/mol. The lowest BCUT2D eigenvalue weighted by atomic mass is 9.95. The number of hydrogen-bond acceptors (Lipinski definition) is 6. The molecule has 6 heteroatoms. The van der Waals surface area contributed by atoms with Gasteiger partial charge in [-0.1, -0.05) is 17.7 Å². The van der Waals surface area contributed by atoms with E-state index in [1.807, 2.05) is 63.2 Å². The third-order valence-corrected chi connectivity index (χ3v) is 8.01. The molecule has 1 fully saturated rings. The number of hydrogen-bond donors (Lipinski definition) is 0. The second-order valence-electron chi connectivity index (χ2n) is 9.70. The molecular weight excluding hydrogens is 482 g/mol. The van der Waals surface area contributed by atoms with Crippen LogP contribution in [-0.2, 0) is 0 Å². The first-order valence-electron chi connectivity index (χ1n) is 12.8. The van der Waals surface area contributed by atoms with Crippen molar-refractivity contribution in [3.63, 3.8) is 0 Å². The van der Waals surface area contributed by atoms with Crippen LogP contribution in [0.2, 0.25) is 0 Å². The van der Waals surface area contributed by atoms with Gasteiger partial charge in [-0.25, -0.2) is 0 Å². The predicted molar refractivity (Wildman–Crippen MR) is 150 cm³/mol. The van der Waals surface area contributed by atoms with Gasteiger partial charge in [-0.15, -0.1) is 11.3 Å². The molecule has 1 aromatic heterocycles. The third-order valence-electron chi connectivity index (χ3n) is 6.88. The molecule has 4 aromatic rings. The van der Waals surface area contributed by atoms with Gasteiger partial charge in [0.05, 0.1) is 7.11 Å². The molecule has 0 N–H and O–H groups in total. The van der Waals surface area contributed by atoms with Gasteiger partial charge in [0, 0.05) is 22.2 Å². The SMILES string of the molecule is COc1ccc2c(Oc3ccc(OCCN4CCCC4)cc3)c(C(=O)c3c(C)cc(C)cc3C)sc2c1. The van der Waals surface area contributed by atoms with E-state index in [4.69, 9.17) is 14.2 Å². The molecule has 0 aliphatic carbocycles. The van der Waals surface area contributed by atoms with Gasteiger partial charge < -0.3 is 14.2 Å². The van der Waals surface area contributed by atoms with E-state index < -0.39 is 0 Å². The fraction of sp³-hybridized carbons (Fsp3) is 0.323. The van der Waals surface area contributed by atoms with Crippen molar-refractivity contribution in [2.45, 2.75) is 33.6 Å². The smallest absolute Gasteiger partial charge is 0.207 e. The molecule has 0 saturated carbocycles. The van der Waals surface area contributed by atoms with Crippen molar-refractivity contribution >= 4 is 27.2 Å². The normalized spacial score (nSPS) is 13.7. The maximum atomic E-state index is 13.9. The van der Waals surface area contributed by atoms with E-state index in [-0.39, 0.29) is 5.78 Å². The quantitative estimate of drug-likeness (QED) is 0.218. The summed E-state index contributed by atoms with van der Waals surface area (Å²) in [4.78, 5) is 16.9. The lowest BCUT2D eigenvalue weighted by Crippen LogP contribution is -2.25. The number of likely N-dealkylation sites (tertiary alicyclic amines) is 1. The van der Waals surface area contributed by atoms with Crippen LogP contribution in [0, 0.1) is 20.8 Å². The van der Waals surface area contributed by atoms with E-state index in [2.05, 4.69) is 17.0 Å². The number of methoxy groups -OCH3 is 1. The van der Waals surface area contributed by atoms with Crippen molar-refractivity contribution in [2.75, 3.05) is 33.4 Å². The summed E-state index contributed by atoms with van der Waals surface area (Å²) in [6.07, 6.45) is 2.56. The molecule has 3 aromatic carbocycles. The molecular formula is C31H33NO4S. The molecule has 0 atom stereocenters. The summed E-state index contributed by atoms with van der Waals surface area (Å²) < 4.78 is 18.7. The van der Waals surface area contributed by atoms with E-state index in [1.54, 1.807) is 7.11 Å². The Morgan fingerprint density at radius 3 is 2.22 bits per heavy atom. The summed E-state index contributed by atoms with van der Waals surface area (Å²) in [5, 5.41) is 0.891. The zero-order chi connectivity index (χ0) is 25.9. The van der Waals surface area contributed by atoms with E-state index in [0.717, 1.165) is 50.4 Å². The topological polar surface area (TPSA) is 48.0 Å². The minimum absolute atomic E-state index is 0.0213. The van der Waals surface area contributed by atoms with Gasteiger partial charge >= 0.3 is 0 Å². The fourth-order valence-electron chi connectivity index (χ4n) is 5.10. The zero-order valence-electron chi connectivity index (χ0n) is 21.9. The predicted octanol–water partition coefficient (Wildman–Crippen LogP) is 7.33. The monoisotopic (exact) mass is 515 g/mol. The van der Waals surface area contributed by atoms with Crippen LogP contribution in [0.3, 0.4) is 0 Å². The van der Waals surface area contributed by atoms with Gasteiger partial charge in [0.15, 0.2) is 5.75 Å². The van der Waals surface area contributed by atoms with Gasteiger partial charge in [0.25, 0.3) is 0 Å². The van der Waals surface area contributed by atoms with Crippen LogP contribution in [0.15, 0.2) is 54.6 Å². The van der Waals surface area contributed by atoms with Gasteiger partial charge in [-0.05, 0) is 100 Å². The summed E-state index contributed by atoms with van der Waals surface area (Å²) in [6, 6.07) is 17.6. The number of carbonyl (C=O) groups is 1. The van der Waals surface area contributed by atoms with Gasteiger partial charge in [-0.3, -0.25) is 9.69 Å². The Labute approximate surface area is 222 Å². The highest BCUT2D eigenvalue weighted by Gasteiger charge is 2.25. The zero-order valence-corrected chi connectivity index (χ0v) is 22.7. The van der Waals surface area contributed by atoms with Gasteiger partial charge in [-0.2, -0.15) is 0 Å². The largest absolute Gasteiger partial charge is 0.497 e. The maximum absolute atomic E-state index is 13.9. The summed E-state index contributed by atoms with van der Waals surface area (Å²) >= 11 is 1.44. The molecule has 192 valence electrons. The number of rotatable bonds is 9. The van der Waals surface area contributed by atoms with Crippen LogP contribution in [0.4, 0.5) is 0 Å². The Morgan fingerprint density at radius 1 is 0.892 bits per heavy atom. The lowest BCUT2D eigenvalue weighted by molar-refractivity contribution is 0.103. The molecule has 37 heavy (non-hydrogen) atoms. The Kier molecular flexibility index (Phi) is 7.49. The highest BCUT2D eigenvalue weighted by atomic mass is 32.1. The molecule has 5 rings (SSSR count). The molecule has 0 unspecified atom stereocenters. The Morgan fingerprint density at radius 2 is 1.54 bits per heavy atom. The molecule has 2 heterocycles. The number of ketones is 1. The standard InChI is InChI=1S/C31H33NO4S/c1-20-17-21(2)28(22(3)18-20)29(33)31-30(26-12-11-25(34-4)19-27(26)37-31)36-24-9-7-23(8-10-24)35-16-15-32-13-5-6-14-32/h7-12,17-19H,5-6,13-16H2,1-4H3. The van der Waals surface area contributed by atoms with E-state index in [0.29, 0.717) is 23.0 Å². The van der Waals surface area contributed by atoms with Crippen LogP contribution < -0.4 is 14.2 Å². The van der Waals surface area contributed by atoms with Crippen LogP contribution in [0.1, 0.15) is 44.8 Å². The van der Waals surface area contributed by atoms with Crippen molar-refractivity contribution in [1.82, 2.24) is 4.90 Å². The van der Waals surface area contributed by atoms with Crippen LogP contribution in [0.5, 0.6) is 23.0 Å². The Bertz CT molecular complexity index is 1390. The van der Waals surface area contributed by atoms with Crippen molar-refractivity contribution in [3.05, 3.63) is 81.7 Å². The number of benzene rings is 3. The number of thiophene rings is 1. The molecule has 0 spiro atoms. The number of nitrogens with zero attached hydrogens (tertiary/aromatic N) is 1. The number of aryl methyl sites for hydroxylation is 3. The highest BCUT2D eigenvalue weighted by Crippen LogP contribution is 2.43. The summed E-state index contributed by atoms with van der Waals surface area (Å²) in [5.74, 6) is 2.78.